The highest BCUT2D eigenvalue weighted by molar-refractivity contribution is 7.91. The summed E-state index contributed by atoms with van der Waals surface area (Å²) in [5, 5.41) is 0. The van der Waals surface area contributed by atoms with Crippen molar-refractivity contribution in [2.24, 2.45) is 5.92 Å². The molecule has 0 bridgehead atoms. The third-order valence-electron chi connectivity index (χ3n) is 5.05. The Kier molecular flexibility index (Phi) is 5.29. The summed E-state index contributed by atoms with van der Waals surface area (Å²) in [6.45, 7) is 3.35. The molecule has 8 heteroatoms. The number of hydrogen-bond acceptors (Lipinski definition) is 4. The van der Waals surface area contributed by atoms with Crippen LogP contribution in [0.4, 0.5) is 4.39 Å². The van der Waals surface area contributed by atoms with Crippen LogP contribution < -0.4 is 9.64 Å². The molecule has 0 aliphatic carbocycles. The van der Waals surface area contributed by atoms with Crippen LogP contribution in [0, 0.1) is 11.7 Å². The van der Waals surface area contributed by atoms with E-state index in [0.29, 0.717) is 31.8 Å². The number of quaternary nitrogens is 1. The lowest BCUT2D eigenvalue weighted by molar-refractivity contribution is -0.917. The number of rotatable bonds is 4. The minimum absolute atomic E-state index is 0.0145. The van der Waals surface area contributed by atoms with Crippen LogP contribution >= 0.6 is 0 Å². The highest BCUT2D eigenvalue weighted by Crippen LogP contribution is 2.21. The molecule has 0 spiro atoms. The van der Waals surface area contributed by atoms with Crippen LogP contribution in [0.2, 0.25) is 0 Å². The van der Waals surface area contributed by atoms with Gasteiger partial charge in [-0.15, -0.1) is 0 Å². The highest BCUT2D eigenvalue weighted by Gasteiger charge is 2.36. The number of halogens is 1. The fourth-order valence-corrected chi connectivity index (χ4v) is 5.36. The van der Waals surface area contributed by atoms with Gasteiger partial charge in [-0.05, 0) is 24.6 Å². The van der Waals surface area contributed by atoms with Crippen molar-refractivity contribution < 1.29 is 27.2 Å². The van der Waals surface area contributed by atoms with Crippen molar-refractivity contribution in [2.45, 2.75) is 13.0 Å². The second-order valence-electron chi connectivity index (χ2n) is 6.81. The van der Waals surface area contributed by atoms with E-state index in [1.54, 1.807) is 18.1 Å². The number of carbonyl (C=O) groups excluding carboxylic acids is 1. The molecule has 1 N–H and O–H groups in total. The van der Waals surface area contributed by atoms with E-state index in [-0.39, 0.29) is 29.1 Å². The maximum atomic E-state index is 13.5. The van der Waals surface area contributed by atoms with Crippen LogP contribution in [-0.2, 0) is 21.2 Å². The first kappa shape index (κ1) is 18.1. The Hall–Kier alpha value is -1.67. The Bertz CT molecular complexity index is 745. The first-order chi connectivity index (χ1) is 11.9. The van der Waals surface area contributed by atoms with Crippen LogP contribution in [0.5, 0.6) is 5.75 Å². The molecule has 2 aliphatic heterocycles. The van der Waals surface area contributed by atoms with Gasteiger partial charge in [0.15, 0.2) is 9.84 Å². The van der Waals surface area contributed by atoms with Gasteiger partial charge in [-0.25, -0.2) is 12.8 Å². The van der Waals surface area contributed by atoms with Crippen LogP contribution in [0.25, 0.3) is 0 Å². The van der Waals surface area contributed by atoms with Gasteiger partial charge in [0, 0.05) is 0 Å². The number of piperazine rings is 1. The average Bonchev–Trinajstić information content (AvgIpc) is 2.95. The molecule has 2 saturated heterocycles. The van der Waals surface area contributed by atoms with Crippen molar-refractivity contribution in [3.05, 3.63) is 29.6 Å². The van der Waals surface area contributed by atoms with Gasteiger partial charge in [0.25, 0.3) is 0 Å². The Labute approximate surface area is 147 Å². The van der Waals surface area contributed by atoms with Gasteiger partial charge in [0.1, 0.15) is 18.1 Å². The number of methoxy groups -OCH3 is 1. The van der Waals surface area contributed by atoms with Crippen LogP contribution in [0.15, 0.2) is 18.2 Å². The minimum Gasteiger partial charge on any atom is -0.496 e. The molecule has 6 nitrogen and oxygen atoms in total. The van der Waals surface area contributed by atoms with Crippen LogP contribution in [-0.4, -0.2) is 64.0 Å². The van der Waals surface area contributed by atoms with Crippen LogP contribution in [0.3, 0.4) is 0 Å². The summed E-state index contributed by atoms with van der Waals surface area (Å²) >= 11 is 0. The molecule has 3 rings (SSSR count). The maximum absolute atomic E-state index is 13.5. The first-order valence-corrected chi connectivity index (χ1v) is 10.4. The van der Waals surface area contributed by atoms with E-state index in [9.17, 15) is 17.6 Å². The van der Waals surface area contributed by atoms with E-state index < -0.39 is 9.84 Å². The van der Waals surface area contributed by atoms with Gasteiger partial charge in [0.05, 0.1) is 56.3 Å². The van der Waals surface area contributed by atoms with Crippen molar-refractivity contribution >= 4 is 15.7 Å². The largest absolute Gasteiger partial charge is 0.496 e. The standard InChI is InChI=1S/C17H23FN2O4S/c1-24-16-3-2-15(18)10-14(16)11-19-5-7-20(8-6-19)17(21)13-4-9-25(22,23)12-13/h2-3,10,13H,4-9,11-12H2,1H3/p+1/t13-/m1/s1. The molecule has 0 aromatic heterocycles. The topological polar surface area (TPSA) is 68.1 Å². The molecular formula is C17H24FN2O4S+. The lowest BCUT2D eigenvalue weighted by Gasteiger charge is -2.33. The number of ether oxygens (including phenoxy) is 1. The second-order valence-corrected chi connectivity index (χ2v) is 9.04. The highest BCUT2D eigenvalue weighted by atomic mass is 32.2. The van der Waals surface area contributed by atoms with E-state index in [1.807, 2.05) is 0 Å². The summed E-state index contributed by atoms with van der Waals surface area (Å²) in [4.78, 5) is 15.5. The zero-order valence-corrected chi connectivity index (χ0v) is 15.1. The number of amides is 1. The fourth-order valence-electron chi connectivity index (χ4n) is 3.62. The maximum Gasteiger partial charge on any atom is 0.227 e. The lowest BCUT2D eigenvalue weighted by atomic mass is 10.1. The van der Waals surface area contributed by atoms with Crippen molar-refractivity contribution in [1.82, 2.24) is 4.90 Å². The summed E-state index contributed by atoms with van der Waals surface area (Å²) in [5.41, 5.74) is 0.819. The molecule has 2 fully saturated rings. The molecule has 2 aliphatic rings. The minimum atomic E-state index is -3.04. The Morgan fingerprint density at radius 3 is 2.68 bits per heavy atom. The Balaban J connectivity index is 1.56. The summed E-state index contributed by atoms with van der Waals surface area (Å²) in [6.07, 6.45) is 0.439. The van der Waals surface area contributed by atoms with Gasteiger partial charge in [-0.2, -0.15) is 0 Å². The number of hydrogen-bond donors (Lipinski definition) is 1. The SMILES string of the molecule is COc1ccc(F)cc1C[NH+]1CCN(C(=O)[C@@H]2CCS(=O)(=O)C2)CC1. The quantitative estimate of drug-likeness (QED) is 0.775. The first-order valence-electron chi connectivity index (χ1n) is 8.53. The number of nitrogens with one attached hydrogen (secondary N) is 1. The second kappa shape index (κ2) is 7.29. The van der Waals surface area contributed by atoms with Gasteiger partial charge < -0.3 is 14.5 Å². The predicted octanol–water partition coefficient (Wildman–Crippen LogP) is -0.504. The molecule has 1 aromatic carbocycles. The van der Waals surface area contributed by atoms with Gasteiger partial charge >= 0.3 is 0 Å². The van der Waals surface area contributed by atoms with Crippen molar-refractivity contribution in [2.75, 3.05) is 44.8 Å². The number of benzene rings is 1. The smallest absolute Gasteiger partial charge is 0.227 e. The monoisotopic (exact) mass is 371 g/mol. The zero-order chi connectivity index (χ0) is 18.0. The molecule has 1 atom stereocenters. The molecule has 0 saturated carbocycles. The molecule has 138 valence electrons. The third kappa shape index (κ3) is 4.30. The average molecular weight is 371 g/mol. The van der Waals surface area contributed by atoms with Gasteiger partial charge in [-0.1, -0.05) is 0 Å². The summed E-state index contributed by atoms with van der Waals surface area (Å²) in [5.74, 6) is 0.0706. The molecular weight excluding hydrogens is 347 g/mol. The molecule has 25 heavy (non-hydrogen) atoms. The molecule has 0 unspecified atom stereocenters. The predicted molar refractivity (Wildman–Crippen MR) is 90.7 cm³/mol. The molecule has 1 amide bonds. The number of sulfone groups is 1. The van der Waals surface area contributed by atoms with Crippen molar-refractivity contribution in [1.29, 1.82) is 0 Å². The molecule has 1 aromatic rings. The van der Waals surface area contributed by atoms with E-state index in [2.05, 4.69) is 0 Å². The lowest BCUT2D eigenvalue weighted by Crippen LogP contribution is -3.13. The van der Waals surface area contributed by atoms with E-state index >= 15 is 0 Å². The van der Waals surface area contributed by atoms with E-state index in [1.165, 1.54) is 17.0 Å². The Morgan fingerprint density at radius 1 is 1.36 bits per heavy atom. The van der Waals surface area contributed by atoms with Crippen molar-refractivity contribution in [3.63, 3.8) is 0 Å². The molecule has 2 heterocycles. The Morgan fingerprint density at radius 2 is 2.08 bits per heavy atom. The summed E-state index contributed by atoms with van der Waals surface area (Å²) in [7, 11) is -1.48. The summed E-state index contributed by atoms with van der Waals surface area (Å²) < 4.78 is 41.9. The normalized spacial score (nSPS) is 23.6. The van der Waals surface area contributed by atoms with Gasteiger partial charge in [-0.3, -0.25) is 4.79 Å². The van der Waals surface area contributed by atoms with Gasteiger partial charge in [0.2, 0.25) is 5.91 Å². The molecule has 0 radical (unpaired) electrons. The summed E-state index contributed by atoms with van der Waals surface area (Å²) in [6, 6.07) is 4.50. The number of nitrogens with zero attached hydrogens (tertiary/aromatic N) is 1. The van der Waals surface area contributed by atoms with E-state index in [4.69, 9.17) is 4.74 Å². The van der Waals surface area contributed by atoms with E-state index in [0.717, 1.165) is 18.7 Å². The number of carbonyl (C=O) groups is 1. The fraction of sp³-hybridized carbons (Fsp3) is 0.588. The zero-order valence-electron chi connectivity index (χ0n) is 14.3. The third-order valence-corrected chi connectivity index (χ3v) is 6.81. The van der Waals surface area contributed by atoms with Crippen LogP contribution in [0.1, 0.15) is 12.0 Å². The van der Waals surface area contributed by atoms with Crippen molar-refractivity contribution in [3.8, 4) is 5.75 Å².